The number of hydrogen-bond acceptors (Lipinski definition) is 3. The quantitative estimate of drug-likeness (QED) is 0.434. The van der Waals surface area contributed by atoms with E-state index in [9.17, 15) is 0 Å². The summed E-state index contributed by atoms with van der Waals surface area (Å²) in [6.07, 6.45) is 10.0. The van der Waals surface area contributed by atoms with E-state index in [2.05, 4.69) is 31.1 Å². The predicted octanol–water partition coefficient (Wildman–Crippen LogP) is 6.62. The molecule has 1 fully saturated rings. The van der Waals surface area contributed by atoms with Crippen LogP contribution in [0.2, 0.25) is 28.2 Å². The Kier molecular flexibility index (Phi) is 9.38. The first-order chi connectivity index (χ1) is 12.5. The summed E-state index contributed by atoms with van der Waals surface area (Å²) >= 11 is 12.9. The van der Waals surface area contributed by atoms with Crippen LogP contribution < -0.4 is 5.32 Å². The van der Waals surface area contributed by atoms with Gasteiger partial charge in [-0.15, -0.1) is 0 Å². The van der Waals surface area contributed by atoms with Crippen molar-refractivity contribution in [2.45, 2.75) is 77.1 Å². The Morgan fingerprint density at radius 1 is 1.08 bits per heavy atom. The standard InChI is InChI=1S/C20H34Cl2N2OSi/c1-4-26(5-2,6-3)25-19(20-17(21)13-24-14-18(20)22)15-23-12-16-10-8-7-9-11-16/h13-14,16,19,23H,4-12,15H2,1-3H3/t19-/m0/s1. The van der Waals surface area contributed by atoms with Crippen molar-refractivity contribution < 1.29 is 4.43 Å². The minimum Gasteiger partial charge on any atom is -0.409 e. The Bertz CT molecular complexity index is 520. The van der Waals surface area contributed by atoms with Crippen molar-refractivity contribution in [2.75, 3.05) is 13.1 Å². The summed E-state index contributed by atoms with van der Waals surface area (Å²) in [6.45, 7) is 8.57. The molecule has 0 saturated heterocycles. The molecule has 0 bridgehead atoms. The van der Waals surface area contributed by atoms with E-state index in [-0.39, 0.29) is 6.10 Å². The van der Waals surface area contributed by atoms with Crippen LogP contribution in [0.4, 0.5) is 0 Å². The van der Waals surface area contributed by atoms with Gasteiger partial charge in [0.25, 0.3) is 0 Å². The van der Waals surface area contributed by atoms with Crippen LogP contribution in [-0.4, -0.2) is 26.4 Å². The van der Waals surface area contributed by atoms with Crippen LogP contribution in [0.1, 0.15) is 64.5 Å². The number of pyridine rings is 1. The van der Waals surface area contributed by atoms with Crippen molar-refractivity contribution in [1.82, 2.24) is 10.3 Å². The average molecular weight is 417 g/mol. The number of rotatable bonds is 10. The Morgan fingerprint density at radius 3 is 2.19 bits per heavy atom. The fraction of sp³-hybridized carbons (Fsp3) is 0.750. The van der Waals surface area contributed by atoms with Crippen LogP contribution in [0.5, 0.6) is 0 Å². The number of halogens is 2. The predicted molar refractivity (Wildman–Crippen MR) is 115 cm³/mol. The Hall–Kier alpha value is -0.133. The van der Waals surface area contributed by atoms with Crippen LogP contribution >= 0.6 is 23.2 Å². The lowest BCUT2D eigenvalue weighted by atomic mass is 9.89. The number of nitrogens with zero attached hydrogens (tertiary/aromatic N) is 1. The van der Waals surface area contributed by atoms with Crippen LogP contribution in [0.3, 0.4) is 0 Å². The van der Waals surface area contributed by atoms with E-state index in [1.54, 1.807) is 12.4 Å². The molecule has 148 valence electrons. The summed E-state index contributed by atoms with van der Waals surface area (Å²) in [5, 5.41) is 4.87. The topological polar surface area (TPSA) is 34.1 Å². The lowest BCUT2D eigenvalue weighted by molar-refractivity contribution is 0.182. The van der Waals surface area contributed by atoms with Gasteiger partial charge < -0.3 is 9.74 Å². The van der Waals surface area contributed by atoms with Gasteiger partial charge in [-0.1, -0.05) is 63.2 Å². The number of aromatic nitrogens is 1. The molecule has 0 spiro atoms. The Balaban J connectivity index is 2.12. The van der Waals surface area contributed by atoms with Crippen LogP contribution in [-0.2, 0) is 4.43 Å². The third-order valence-corrected chi connectivity index (χ3v) is 11.3. The Morgan fingerprint density at radius 2 is 1.65 bits per heavy atom. The molecule has 1 N–H and O–H groups in total. The van der Waals surface area contributed by atoms with Crippen molar-refractivity contribution in [1.29, 1.82) is 0 Å². The van der Waals surface area contributed by atoms with Crippen LogP contribution in [0.15, 0.2) is 12.4 Å². The maximum absolute atomic E-state index is 6.80. The van der Waals surface area contributed by atoms with Gasteiger partial charge in [0.05, 0.1) is 16.1 Å². The fourth-order valence-electron chi connectivity index (χ4n) is 4.04. The highest BCUT2D eigenvalue weighted by atomic mass is 35.5. The highest BCUT2D eigenvalue weighted by molar-refractivity contribution is 6.73. The van der Waals surface area contributed by atoms with Crippen LogP contribution in [0, 0.1) is 5.92 Å². The first-order valence-electron chi connectivity index (χ1n) is 10.2. The van der Waals surface area contributed by atoms with Gasteiger partial charge in [0.15, 0.2) is 8.32 Å². The lowest BCUT2D eigenvalue weighted by Gasteiger charge is -2.34. The molecule has 1 aliphatic rings. The largest absolute Gasteiger partial charge is 0.409 e. The highest BCUT2D eigenvalue weighted by Crippen LogP contribution is 2.36. The molecule has 1 atom stereocenters. The van der Waals surface area contributed by atoms with E-state index < -0.39 is 8.32 Å². The van der Waals surface area contributed by atoms with Crippen molar-refractivity contribution in [3.63, 3.8) is 0 Å². The third-order valence-electron chi connectivity index (χ3n) is 6.03. The molecule has 0 aliphatic heterocycles. The fourth-order valence-corrected chi connectivity index (χ4v) is 7.46. The second-order valence-corrected chi connectivity index (χ2v) is 13.1. The van der Waals surface area contributed by atoms with E-state index in [4.69, 9.17) is 27.6 Å². The van der Waals surface area contributed by atoms with Gasteiger partial charge in [0.2, 0.25) is 0 Å². The van der Waals surface area contributed by atoms with Crippen molar-refractivity contribution in [3.05, 3.63) is 28.0 Å². The SMILES string of the molecule is CC[Si](CC)(CC)O[C@@H](CNCC1CCCCC1)c1c(Cl)cncc1Cl. The van der Waals surface area contributed by atoms with Crippen molar-refractivity contribution >= 4 is 31.5 Å². The maximum atomic E-state index is 6.80. The molecule has 1 heterocycles. The van der Waals surface area contributed by atoms with Crippen molar-refractivity contribution in [3.8, 4) is 0 Å². The molecular weight excluding hydrogens is 383 g/mol. The van der Waals surface area contributed by atoms with Gasteiger partial charge in [0.1, 0.15) is 0 Å². The first kappa shape index (κ1) is 22.2. The normalized spacial score (nSPS) is 17.4. The monoisotopic (exact) mass is 416 g/mol. The molecule has 3 nitrogen and oxygen atoms in total. The zero-order valence-electron chi connectivity index (χ0n) is 16.5. The summed E-state index contributed by atoms with van der Waals surface area (Å²) in [7, 11) is -1.78. The summed E-state index contributed by atoms with van der Waals surface area (Å²) in [6, 6.07) is 3.33. The molecule has 0 radical (unpaired) electrons. The first-order valence-corrected chi connectivity index (χ1v) is 13.5. The smallest absolute Gasteiger partial charge is 0.192 e. The summed E-state index contributed by atoms with van der Waals surface area (Å²) in [4.78, 5) is 4.11. The van der Waals surface area contributed by atoms with Crippen molar-refractivity contribution in [2.24, 2.45) is 5.92 Å². The van der Waals surface area contributed by atoms with E-state index in [1.165, 1.54) is 32.1 Å². The molecule has 2 rings (SSSR count). The zero-order chi connectivity index (χ0) is 19.0. The molecule has 26 heavy (non-hydrogen) atoms. The summed E-state index contributed by atoms with van der Waals surface area (Å²) in [5.41, 5.74) is 0.895. The molecular formula is C20H34Cl2N2OSi. The zero-order valence-corrected chi connectivity index (χ0v) is 19.0. The summed E-state index contributed by atoms with van der Waals surface area (Å²) < 4.78 is 6.80. The molecule has 1 aromatic heterocycles. The van der Waals surface area contributed by atoms with Crippen LogP contribution in [0.25, 0.3) is 0 Å². The highest BCUT2D eigenvalue weighted by Gasteiger charge is 2.34. The van der Waals surface area contributed by atoms with Gasteiger partial charge in [-0.25, -0.2) is 0 Å². The third kappa shape index (κ3) is 5.93. The molecule has 1 saturated carbocycles. The average Bonchev–Trinajstić information content (AvgIpc) is 2.66. The number of hydrogen-bond donors (Lipinski definition) is 1. The molecule has 1 aliphatic carbocycles. The van der Waals surface area contributed by atoms with E-state index >= 15 is 0 Å². The second kappa shape index (κ2) is 11.0. The van der Waals surface area contributed by atoms with E-state index in [1.807, 2.05) is 0 Å². The summed E-state index contributed by atoms with van der Waals surface area (Å²) in [5.74, 6) is 0.790. The Labute approximate surface area is 170 Å². The molecule has 6 heteroatoms. The van der Waals surface area contributed by atoms with Gasteiger partial charge in [0, 0.05) is 24.5 Å². The molecule has 0 amide bonds. The van der Waals surface area contributed by atoms with E-state index in [0.717, 1.165) is 42.7 Å². The maximum Gasteiger partial charge on any atom is 0.192 e. The van der Waals surface area contributed by atoms with Gasteiger partial charge >= 0.3 is 0 Å². The minimum absolute atomic E-state index is 0.104. The molecule has 0 unspecified atom stereocenters. The lowest BCUT2D eigenvalue weighted by Crippen LogP contribution is -2.40. The molecule has 0 aromatic carbocycles. The number of nitrogens with one attached hydrogen (secondary N) is 1. The van der Waals surface area contributed by atoms with Gasteiger partial charge in [-0.2, -0.15) is 0 Å². The second-order valence-electron chi connectivity index (χ2n) is 7.53. The van der Waals surface area contributed by atoms with Gasteiger partial charge in [-0.05, 0) is 43.4 Å². The van der Waals surface area contributed by atoms with Gasteiger partial charge in [-0.3, -0.25) is 4.98 Å². The molecule has 1 aromatic rings. The minimum atomic E-state index is -1.78. The van der Waals surface area contributed by atoms with E-state index in [0.29, 0.717) is 10.0 Å².